The number of benzene rings is 1. The van der Waals surface area contributed by atoms with E-state index in [1.54, 1.807) is 12.2 Å². The molecule has 0 aromatic heterocycles. The molecule has 17 heavy (non-hydrogen) atoms. The maximum atomic E-state index is 11.2. The van der Waals surface area contributed by atoms with Crippen molar-refractivity contribution in [3.63, 3.8) is 0 Å². The average molecular weight is 229 g/mol. The van der Waals surface area contributed by atoms with Crippen LogP contribution in [0.4, 0.5) is 0 Å². The Morgan fingerprint density at radius 3 is 2.71 bits per heavy atom. The number of carbonyl (C=O) groups is 1. The highest BCUT2D eigenvalue weighted by molar-refractivity contribution is 5.88. The smallest absolute Gasteiger partial charge is 0.340 e. The monoisotopic (exact) mass is 229 g/mol. The predicted molar refractivity (Wildman–Crippen MR) is 64.7 cm³/mol. The summed E-state index contributed by atoms with van der Waals surface area (Å²) in [6, 6.07) is 9.54. The zero-order valence-electron chi connectivity index (χ0n) is 9.28. The standard InChI is InChI=1S/C12H11N3O2/c1-17-12(16)11(14-15-13)9-5-8-10-6-3-2-4-7-10/h2-9H,1H3/b8-5+,11-9+. The molecule has 1 rings (SSSR count). The molecule has 0 saturated carbocycles. The number of azide groups is 1. The molecule has 0 unspecified atom stereocenters. The van der Waals surface area contributed by atoms with E-state index in [2.05, 4.69) is 14.8 Å². The topological polar surface area (TPSA) is 75.1 Å². The molecular weight excluding hydrogens is 218 g/mol. The Balaban J connectivity index is 2.83. The van der Waals surface area contributed by atoms with E-state index in [4.69, 9.17) is 5.53 Å². The van der Waals surface area contributed by atoms with Crippen LogP contribution in [0.5, 0.6) is 0 Å². The van der Waals surface area contributed by atoms with Crippen molar-refractivity contribution < 1.29 is 9.53 Å². The van der Waals surface area contributed by atoms with Crippen LogP contribution in [0.1, 0.15) is 5.56 Å². The summed E-state index contributed by atoms with van der Waals surface area (Å²) in [4.78, 5) is 13.7. The van der Waals surface area contributed by atoms with Gasteiger partial charge in [-0.25, -0.2) is 4.79 Å². The SMILES string of the molecule is COC(=O)/C(=C\C=C\c1ccccc1)N=[N+]=[N-]. The van der Waals surface area contributed by atoms with Gasteiger partial charge in [0.2, 0.25) is 0 Å². The van der Waals surface area contributed by atoms with Crippen molar-refractivity contribution in [3.05, 3.63) is 64.2 Å². The van der Waals surface area contributed by atoms with Crippen LogP contribution < -0.4 is 0 Å². The van der Waals surface area contributed by atoms with Gasteiger partial charge in [0.1, 0.15) is 5.70 Å². The summed E-state index contributed by atoms with van der Waals surface area (Å²) < 4.78 is 4.46. The Hall–Kier alpha value is -2.52. The second-order valence-electron chi connectivity index (χ2n) is 3.00. The van der Waals surface area contributed by atoms with Gasteiger partial charge in [0.05, 0.1) is 7.11 Å². The molecule has 0 aliphatic heterocycles. The van der Waals surface area contributed by atoms with Crippen molar-refractivity contribution >= 4 is 12.0 Å². The highest BCUT2D eigenvalue weighted by Gasteiger charge is 2.04. The first-order valence-electron chi connectivity index (χ1n) is 4.84. The highest BCUT2D eigenvalue weighted by atomic mass is 16.5. The molecule has 0 N–H and O–H groups in total. The molecule has 0 heterocycles. The Bertz CT molecular complexity index is 486. The molecule has 0 fully saturated rings. The number of rotatable bonds is 4. The second kappa shape index (κ2) is 6.87. The summed E-state index contributed by atoms with van der Waals surface area (Å²) in [6.45, 7) is 0. The van der Waals surface area contributed by atoms with Crippen molar-refractivity contribution in [2.75, 3.05) is 7.11 Å². The minimum atomic E-state index is -0.666. The molecule has 5 heteroatoms. The van der Waals surface area contributed by atoms with Gasteiger partial charge in [-0.2, -0.15) is 0 Å². The fraction of sp³-hybridized carbons (Fsp3) is 0.0833. The molecule has 0 aliphatic rings. The van der Waals surface area contributed by atoms with Gasteiger partial charge in [-0.1, -0.05) is 47.6 Å². The van der Waals surface area contributed by atoms with Gasteiger partial charge in [0.25, 0.3) is 0 Å². The summed E-state index contributed by atoms with van der Waals surface area (Å²) in [5.74, 6) is -0.666. The van der Waals surface area contributed by atoms with Crippen molar-refractivity contribution in [3.8, 4) is 0 Å². The minimum Gasteiger partial charge on any atom is -0.466 e. The molecule has 1 aromatic carbocycles. The molecule has 0 aliphatic carbocycles. The van der Waals surface area contributed by atoms with Crippen LogP contribution in [0.25, 0.3) is 16.5 Å². The van der Waals surface area contributed by atoms with E-state index < -0.39 is 5.97 Å². The molecule has 0 saturated heterocycles. The van der Waals surface area contributed by atoms with Crippen molar-refractivity contribution in [2.24, 2.45) is 5.11 Å². The lowest BCUT2D eigenvalue weighted by Gasteiger charge is -1.95. The first-order valence-corrected chi connectivity index (χ1v) is 4.84. The number of methoxy groups -OCH3 is 1. The summed E-state index contributed by atoms with van der Waals surface area (Å²) >= 11 is 0. The number of nitrogens with zero attached hydrogens (tertiary/aromatic N) is 3. The first-order chi connectivity index (χ1) is 8.27. The van der Waals surface area contributed by atoms with Crippen LogP contribution in [0.3, 0.4) is 0 Å². The Kier molecular flexibility index (Phi) is 5.07. The molecule has 0 amide bonds. The highest BCUT2D eigenvalue weighted by Crippen LogP contribution is 2.04. The molecule has 0 atom stereocenters. The van der Waals surface area contributed by atoms with Gasteiger partial charge in [-0.3, -0.25) is 0 Å². The number of allylic oxidation sites excluding steroid dienone is 2. The van der Waals surface area contributed by atoms with Gasteiger partial charge >= 0.3 is 5.97 Å². The van der Waals surface area contributed by atoms with Gasteiger partial charge < -0.3 is 4.74 Å². The van der Waals surface area contributed by atoms with E-state index in [0.717, 1.165) is 5.56 Å². The lowest BCUT2D eigenvalue weighted by molar-refractivity contribution is -0.136. The van der Waals surface area contributed by atoms with E-state index in [1.165, 1.54) is 13.2 Å². The summed E-state index contributed by atoms with van der Waals surface area (Å²) in [7, 11) is 1.23. The van der Waals surface area contributed by atoms with E-state index in [0.29, 0.717) is 0 Å². The van der Waals surface area contributed by atoms with Crippen LogP contribution in [-0.2, 0) is 9.53 Å². The van der Waals surface area contributed by atoms with Crippen molar-refractivity contribution in [2.45, 2.75) is 0 Å². The zero-order chi connectivity index (χ0) is 12.5. The third-order valence-corrected chi connectivity index (χ3v) is 1.89. The minimum absolute atomic E-state index is 0.0813. The Morgan fingerprint density at radius 2 is 2.12 bits per heavy atom. The zero-order valence-corrected chi connectivity index (χ0v) is 9.28. The Morgan fingerprint density at radius 1 is 1.41 bits per heavy atom. The molecule has 86 valence electrons. The van der Waals surface area contributed by atoms with Gasteiger partial charge in [-0.05, 0) is 17.2 Å². The normalized spacial score (nSPS) is 11.0. The number of hydrogen-bond donors (Lipinski definition) is 0. The van der Waals surface area contributed by atoms with Crippen LogP contribution >= 0.6 is 0 Å². The van der Waals surface area contributed by atoms with E-state index in [1.807, 2.05) is 30.3 Å². The fourth-order valence-electron chi connectivity index (χ4n) is 1.11. The number of esters is 1. The Labute approximate surface area is 98.7 Å². The summed E-state index contributed by atoms with van der Waals surface area (Å²) in [5.41, 5.74) is 9.18. The molecule has 0 bridgehead atoms. The predicted octanol–water partition coefficient (Wildman–Crippen LogP) is 3.07. The average Bonchev–Trinajstić information content (AvgIpc) is 2.38. The van der Waals surface area contributed by atoms with Crippen LogP contribution in [0.15, 0.2) is 53.3 Å². The third-order valence-electron chi connectivity index (χ3n) is 1.89. The maximum absolute atomic E-state index is 11.2. The van der Waals surface area contributed by atoms with Crippen molar-refractivity contribution in [1.29, 1.82) is 0 Å². The van der Waals surface area contributed by atoms with Crippen molar-refractivity contribution in [1.82, 2.24) is 0 Å². The molecule has 0 radical (unpaired) electrons. The maximum Gasteiger partial charge on any atom is 0.340 e. The summed E-state index contributed by atoms with van der Waals surface area (Å²) in [6.07, 6.45) is 4.81. The summed E-state index contributed by atoms with van der Waals surface area (Å²) in [5, 5.41) is 3.24. The lowest BCUT2D eigenvalue weighted by Crippen LogP contribution is -2.01. The molecular formula is C12H11N3O2. The van der Waals surface area contributed by atoms with Crippen LogP contribution in [0, 0.1) is 0 Å². The van der Waals surface area contributed by atoms with E-state index in [-0.39, 0.29) is 5.70 Å². The second-order valence-corrected chi connectivity index (χ2v) is 3.00. The van der Waals surface area contributed by atoms with Gasteiger partial charge in [-0.15, -0.1) is 0 Å². The van der Waals surface area contributed by atoms with E-state index in [9.17, 15) is 4.79 Å². The number of ether oxygens (including phenoxy) is 1. The van der Waals surface area contributed by atoms with Crippen LogP contribution in [-0.4, -0.2) is 13.1 Å². The van der Waals surface area contributed by atoms with E-state index >= 15 is 0 Å². The lowest BCUT2D eigenvalue weighted by atomic mass is 10.2. The van der Waals surface area contributed by atoms with Gasteiger partial charge in [0.15, 0.2) is 0 Å². The quantitative estimate of drug-likeness (QED) is 0.199. The number of carbonyl (C=O) groups excluding carboxylic acids is 1. The number of hydrogen-bond acceptors (Lipinski definition) is 3. The molecule has 5 nitrogen and oxygen atoms in total. The molecule has 0 spiro atoms. The third kappa shape index (κ3) is 4.24. The largest absolute Gasteiger partial charge is 0.466 e. The van der Waals surface area contributed by atoms with Gasteiger partial charge in [0, 0.05) is 4.91 Å². The first kappa shape index (κ1) is 12.5. The fourth-order valence-corrected chi connectivity index (χ4v) is 1.11. The van der Waals surface area contributed by atoms with Crippen LogP contribution in [0.2, 0.25) is 0 Å². The molecule has 1 aromatic rings.